The summed E-state index contributed by atoms with van der Waals surface area (Å²) in [4.78, 5) is 0. The number of aromatic nitrogens is 3. The Morgan fingerprint density at radius 1 is 1.60 bits per heavy atom. The number of hydrogen-bond acceptors (Lipinski definition) is 3. The molecule has 10 heavy (non-hydrogen) atoms. The molecule has 0 aliphatic rings. The zero-order chi connectivity index (χ0) is 7.40. The fourth-order valence-electron chi connectivity index (χ4n) is 0.674. The molecule has 1 rings (SSSR count). The van der Waals surface area contributed by atoms with E-state index < -0.39 is 0 Å². The van der Waals surface area contributed by atoms with Gasteiger partial charge in [0, 0.05) is 6.04 Å². The Labute approximate surface area is 59.1 Å². The molecule has 0 saturated heterocycles. The van der Waals surface area contributed by atoms with Crippen molar-refractivity contribution < 1.29 is 0 Å². The Balaban J connectivity index is 2.61. The van der Waals surface area contributed by atoms with E-state index >= 15 is 0 Å². The molecule has 4 heteroatoms. The smallest absolute Gasteiger partial charge is 0.119 e. The first kappa shape index (κ1) is 6.75. The lowest BCUT2D eigenvalue weighted by atomic mass is 10.2. The molecule has 0 saturated carbocycles. The first-order valence-electron chi connectivity index (χ1n) is 3.05. The quantitative estimate of drug-likeness (QED) is 0.602. The van der Waals surface area contributed by atoms with Gasteiger partial charge in [0.15, 0.2) is 0 Å². The number of nitrogens with zero attached hydrogens (tertiary/aromatic N) is 4. The van der Waals surface area contributed by atoms with Crippen molar-refractivity contribution in [3.05, 3.63) is 12.7 Å². The average molecular weight is 136 g/mol. The molecule has 0 N–H and O–H groups in total. The predicted octanol–water partition coefficient (Wildman–Crippen LogP) is 0.753. The number of nitriles is 1. The Morgan fingerprint density at radius 2 is 2.20 bits per heavy atom. The summed E-state index contributed by atoms with van der Waals surface area (Å²) in [6, 6.07) is 2.26. The van der Waals surface area contributed by atoms with Gasteiger partial charge in [0.05, 0.1) is 12.5 Å². The number of rotatable bonds is 2. The molecule has 1 unspecified atom stereocenters. The van der Waals surface area contributed by atoms with Crippen LogP contribution in [-0.2, 0) is 0 Å². The second-order valence-corrected chi connectivity index (χ2v) is 2.12. The van der Waals surface area contributed by atoms with E-state index in [1.165, 1.54) is 0 Å². The maximum absolute atomic E-state index is 8.33. The fraction of sp³-hybridized carbons (Fsp3) is 0.500. The molecular formula is C6H8N4. The van der Waals surface area contributed by atoms with Gasteiger partial charge in [-0.3, -0.25) is 0 Å². The van der Waals surface area contributed by atoms with Crippen LogP contribution in [0.3, 0.4) is 0 Å². The van der Waals surface area contributed by atoms with Gasteiger partial charge < -0.3 is 4.57 Å². The average Bonchev–Trinajstić information content (AvgIpc) is 2.38. The van der Waals surface area contributed by atoms with E-state index in [-0.39, 0.29) is 6.04 Å². The Kier molecular flexibility index (Phi) is 2.00. The maximum Gasteiger partial charge on any atom is 0.119 e. The topological polar surface area (TPSA) is 54.5 Å². The molecule has 0 radical (unpaired) electrons. The van der Waals surface area contributed by atoms with Crippen molar-refractivity contribution in [1.82, 2.24) is 14.8 Å². The Morgan fingerprint density at radius 3 is 2.70 bits per heavy atom. The van der Waals surface area contributed by atoms with Gasteiger partial charge in [0.1, 0.15) is 12.7 Å². The van der Waals surface area contributed by atoms with Gasteiger partial charge in [-0.1, -0.05) is 0 Å². The SMILES string of the molecule is CC(CC#N)n1cnnc1. The van der Waals surface area contributed by atoms with E-state index in [1.54, 1.807) is 12.7 Å². The second kappa shape index (κ2) is 2.97. The normalized spacial score (nSPS) is 12.4. The van der Waals surface area contributed by atoms with Gasteiger partial charge in [0.25, 0.3) is 0 Å². The first-order valence-corrected chi connectivity index (χ1v) is 3.05. The van der Waals surface area contributed by atoms with Crippen LogP contribution in [0.4, 0.5) is 0 Å². The predicted molar refractivity (Wildman–Crippen MR) is 35.0 cm³/mol. The van der Waals surface area contributed by atoms with Crippen molar-refractivity contribution in [1.29, 1.82) is 5.26 Å². The summed E-state index contributed by atoms with van der Waals surface area (Å²) in [6.45, 7) is 1.95. The summed E-state index contributed by atoms with van der Waals surface area (Å²) >= 11 is 0. The van der Waals surface area contributed by atoms with E-state index in [4.69, 9.17) is 5.26 Å². The molecular weight excluding hydrogens is 128 g/mol. The molecule has 0 aliphatic heterocycles. The van der Waals surface area contributed by atoms with Crippen LogP contribution in [0.15, 0.2) is 12.7 Å². The standard InChI is InChI=1S/C6H8N4/c1-6(2-3-7)10-4-8-9-5-10/h4-6H,2H2,1H3. The van der Waals surface area contributed by atoms with E-state index in [2.05, 4.69) is 16.3 Å². The zero-order valence-electron chi connectivity index (χ0n) is 5.73. The molecule has 4 nitrogen and oxygen atoms in total. The summed E-state index contributed by atoms with van der Waals surface area (Å²) in [6.07, 6.45) is 3.72. The van der Waals surface area contributed by atoms with Crippen LogP contribution in [0.1, 0.15) is 19.4 Å². The van der Waals surface area contributed by atoms with E-state index in [0.29, 0.717) is 6.42 Å². The molecule has 0 aromatic carbocycles. The van der Waals surface area contributed by atoms with Crippen LogP contribution in [0.25, 0.3) is 0 Å². The monoisotopic (exact) mass is 136 g/mol. The van der Waals surface area contributed by atoms with Crippen molar-refractivity contribution in [2.75, 3.05) is 0 Å². The van der Waals surface area contributed by atoms with Crippen LogP contribution in [0, 0.1) is 11.3 Å². The van der Waals surface area contributed by atoms with Crippen molar-refractivity contribution in [2.24, 2.45) is 0 Å². The summed E-state index contributed by atoms with van der Waals surface area (Å²) in [5.41, 5.74) is 0. The largest absolute Gasteiger partial charge is 0.316 e. The molecule has 52 valence electrons. The van der Waals surface area contributed by atoms with Crippen LogP contribution in [0.2, 0.25) is 0 Å². The highest BCUT2D eigenvalue weighted by Gasteiger charge is 2.00. The molecule has 1 aromatic rings. The molecule has 0 bridgehead atoms. The van der Waals surface area contributed by atoms with E-state index in [9.17, 15) is 0 Å². The summed E-state index contributed by atoms with van der Waals surface area (Å²) in [7, 11) is 0. The summed E-state index contributed by atoms with van der Waals surface area (Å²) in [5, 5.41) is 15.6. The van der Waals surface area contributed by atoms with Gasteiger partial charge in [-0.15, -0.1) is 10.2 Å². The fourth-order valence-corrected chi connectivity index (χ4v) is 0.674. The molecule has 1 aromatic heterocycles. The lowest BCUT2D eigenvalue weighted by molar-refractivity contribution is 0.557. The van der Waals surface area contributed by atoms with Crippen LogP contribution < -0.4 is 0 Å². The third-order valence-corrected chi connectivity index (χ3v) is 1.33. The van der Waals surface area contributed by atoms with Gasteiger partial charge >= 0.3 is 0 Å². The summed E-state index contributed by atoms with van der Waals surface area (Å²) in [5.74, 6) is 0. The molecule has 0 amide bonds. The maximum atomic E-state index is 8.33. The van der Waals surface area contributed by atoms with Gasteiger partial charge in [0.2, 0.25) is 0 Å². The van der Waals surface area contributed by atoms with Crippen molar-refractivity contribution >= 4 is 0 Å². The van der Waals surface area contributed by atoms with Crippen LogP contribution >= 0.6 is 0 Å². The van der Waals surface area contributed by atoms with Crippen LogP contribution in [0.5, 0.6) is 0 Å². The van der Waals surface area contributed by atoms with Gasteiger partial charge in [-0.25, -0.2) is 0 Å². The van der Waals surface area contributed by atoms with Gasteiger partial charge in [-0.05, 0) is 6.92 Å². The third kappa shape index (κ3) is 1.32. The first-order chi connectivity index (χ1) is 4.84. The minimum absolute atomic E-state index is 0.181. The minimum Gasteiger partial charge on any atom is -0.316 e. The lowest BCUT2D eigenvalue weighted by Crippen LogP contribution is -2.00. The third-order valence-electron chi connectivity index (χ3n) is 1.33. The molecule has 0 spiro atoms. The zero-order valence-corrected chi connectivity index (χ0v) is 5.73. The molecule has 0 fully saturated rings. The number of hydrogen-bond donors (Lipinski definition) is 0. The minimum atomic E-state index is 0.181. The lowest BCUT2D eigenvalue weighted by Gasteiger charge is -2.05. The van der Waals surface area contributed by atoms with Crippen LogP contribution in [-0.4, -0.2) is 14.8 Å². The van der Waals surface area contributed by atoms with Gasteiger partial charge in [-0.2, -0.15) is 5.26 Å². The van der Waals surface area contributed by atoms with E-state index in [1.807, 2.05) is 11.5 Å². The summed E-state index contributed by atoms with van der Waals surface area (Å²) < 4.78 is 1.81. The molecule has 1 atom stereocenters. The Hall–Kier alpha value is -1.37. The van der Waals surface area contributed by atoms with Crippen molar-refractivity contribution in [3.63, 3.8) is 0 Å². The second-order valence-electron chi connectivity index (χ2n) is 2.12. The highest BCUT2D eigenvalue weighted by atomic mass is 15.2. The van der Waals surface area contributed by atoms with E-state index in [0.717, 1.165) is 0 Å². The van der Waals surface area contributed by atoms with Crippen molar-refractivity contribution in [3.8, 4) is 6.07 Å². The molecule has 1 heterocycles. The highest BCUT2D eigenvalue weighted by molar-refractivity contribution is 4.79. The molecule has 0 aliphatic carbocycles. The highest BCUT2D eigenvalue weighted by Crippen LogP contribution is 2.06. The Bertz CT molecular complexity index is 220. The van der Waals surface area contributed by atoms with Crippen molar-refractivity contribution in [2.45, 2.75) is 19.4 Å².